The number of piperidine rings is 1. The van der Waals surface area contributed by atoms with Gasteiger partial charge in [0.05, 0.1) is 0 Å². The summed E-state index contributed by atoms with van der Waals surface area (Å²) < 4.78 is 5.77. The number of nitrogens with zero attached hydrogens (tertiary/aromatic N) is 3. The molecule has 1 aliphatic rings. The molecule has 1 aromatic heterocycles. The molecule has 0 saturated carbocycles. The van der Waals surface area contributed by atoms with Crippen LogP contribution in [0.2, 0.25) is 0 Å². The molecular weight excluding hydrogens is 220 g/mol. The molecule has 94 valence electrons. The van der Waals surface area contributed by atoms with E-state index >= 15 is 0 Å². The molecule has 5 N–H and O–H groups in total. The fourth-order valence-electron chi connectivity index (χ4n) is 1.85. The van der Waals surface area contributed by atoms with Crippen LogP contribution in [0.15, 0.2) is 6.07 Å². The highest BCUT2D eigenvalue weighted by Crippen LogP contribution is 2.19. The number of hydrazine groups is 1. The summed E-state index contributed by atoms with van der Waals surface area (Å²) in [5.74, 6) is 6.37. The quantitative estimate of drug-likeness (QED) is 0.495. The van der Waals surface area contributed by atoms with Gasteiger partial charge in [-0.15, -0.1) is 0 Å². The van der Waals surface area contributed by atoms with Gasteiger partial charge in [-0.25, -0.2) is 5.84 Å². The van der Waals surface area contributed by atoms with Crippen molar-refractivity contribution in [3.05, 3.63) is 6.07 Å². The van der Waals surface area contributed by atoms with E-state index in [1.54, 1.807) is 6.07 Å². The normalized spacial score (nSPS) is 18.0. The van der Waals surface area contributed by atoms with Gasteiger partial charge in [-0.3, -0.25) is 0 Å². The monoisotopic (exact) mass is 238 g/mol. The molecule has 0 aromatic carbocycles. The Morgan fingerprint density at radius 3 is 2.76 bits per heavy atom. The maximum Gasteiger partial charge on any atom is 0.225 e. The number of aromatic nitrogens is 2. The Balaban J connectivity index is 2.00. The van der Waals surface area contributed by atoms with Crippen LogP contribution in [-0.4, -0.2) is 41.1 Å². The highest BCUT2D eigenvalue weighted by atomic mass is 16.5. The third kappa shape index (κ3) is 3.18. The van der Waals surface area contributed by atoms with Gasteiger partial charge < -0.3 is 20.8 Å². The van der Waals surface area contributed by atoms with Crippen LogP contribution < -0.4 is 21.7 Å². The van der Waals surface area contributed by atoms with Crippen LogP contribution in [0.4, 0.5) is 11.8 Å². The van der Waals surface area contributed by atoms with Crippen molar-refractivity contribution in [2.45, 2.75) is 18.9 Å². The standard InChI is InChI=1S/C10H18N6O/c1-16-4-2-7(3-5-16)17-9-6-8(15-12)13-10(11)14-9/h6-7H,2-5,12H2,1H3,(H3,11,13,14,15). The van der Waals surface area contributed by atoms with E-state index in [9.17, 15) is 0 Å². The molecule has 0 unspecified atom stereocenters. The average Bonchev–Trinajstić information content (AvgIpc) is 2.31. The van der Waals surface area contributed by atoms with Crippen LogP contribution >= 0.6 is 0 Å². The average molecular weight is 238 g/mol. The molecule has 0 spiro atoms. The lowest BCUT2D eigenvalue weighted by Gasteiger charge is -2.28. The zero-order valence-electron chi connectivity index (χ0n) is 9.89. The molecule has 1 saturated heterocycles. The smallest absolute Gasteiger partial charge is 0.225 e. The van der Waals surface area contributed by atoms with Gasteiger partial charge in [0.1, 0.15) is 11.9 Å². The lowest BCUT2D eigenvalue weighted by atomic mass is 10.1. The SMILES string of the molecule is CN1CCC(Oc2cc(NN)nc(N)n2)CC1. The van der Waals surface area contributed by atoms with Gasteiger partial charge in [0.15, 0.2) is 0 Å². The number of likely N-dealkylation sites (tertiary alicyclic amines) is 1. The number of nitrogens with two attached hydrogens (primary N) is 2. The van der Waals surface area contributed by atoms with E-state index < -0.39 is 0 Å². The van der Waals surface area contributed by atoms with Crippen molar-refractivity contribution in [3.63, 3.8) is 0 Å². The summed E-state index contributed by atoms with van der Waals surface area (Å²) in [6.45, 7) is 2.07. The van der Waals surface area contributed by atoms with Crippen molar-refractivity contribution in [3.8, 4) is 5.88 Å². The topological polar surface area (TPSA) is 102 Å². The Morgan fingerprint density at radius 2 is 2.12 bits per heavy atom. The van der Waals surface area contributed by atoms with Crippen molar-refractivity contribution in [2.75, 3.05) is 31.3 Å². The lowest BCUT2D eigenvalue weighted by Crippen LogP contribution is -2.35. The molecule has 7 heteroatoms. The Kier molecular flexibility index (Phi) is 3.60. The van der Waals surface area contributed by atoms with Crippen LogP contribution in [-0.2, 0) is 0 Å². The first-order valence-electron chi connectivity index (χ1n) is 5.64. The van der Waals surface area contributed by atoms with Crippen LogP contribution in [0.25, 0.3) is 0 Å². The summed E-state index contributed by atoms with van der Waals surface area (Å²) in [6.07, 6.45) is 2.17. The maximum atomic E-state index is 5.77. The molecule has 7 nitrogen and oxygen atoms in total. The van der Waals surface area contributed by atoms with Gasteiger partial charge in [0.25, 0.3) is 0 Å². The van der Waals surface area contributed by atoms with Gasteiger partial charge >= 0.3 is 0 Å². The second-order valence-electron chi connectivity index (χ2n) is 4.21. The minimum Gasteiger partial charge on any atom is -0.474 e. The fourth-order valence-corrected chi connectivity index (χ4v) is 1.85. The predicted octanol–water partition coefficient (Wildman–Crippen LogP) is -0.183. The van der Waals surface area contributed by atoms with Gasteiger partial charge in [-0.1, -0.05) is 0 Å². The molecule has 2 rings (SSSR count). The Bertz CT molecular complexity index is 377. The van der Waals surface area contributed by atoms with Crippen LogP contribution in [0.1, 0.15) is 12.8 Å². The molecule has 0 aliphatic carbocycles. The Hall–Kier alpha value is -1.60. The van der Waals surface area contributed by atoms with Crippen molar-refractivity contribution in [1.82, 2.24) is 14.9 Å². The minimum atomic E-state index is 0.156. The van der Waals surface area contributed by atoms with E-state index in [1.165, 1.54) is 0 Å². The van der Waals surface area contributed by atoms with Crippen molar-refractivity contribution >= 4 is 11.8 Å². The van der Waals surface area contributed by atoms with Crippen LogP contribution in [0.3, 0.4) is 0 Å². The third-order valence-corrected chi connectivity index (χ3v) is 2.82. The number of ether oxygens (including phenoxy) is 1. The fraction of sp³-hybridized carbons (Fsp3) is 0.600. The van der Waals surface area contributed by atoms with E-state index in [4.69, 9.17) is 16.3 Å². The summed E-state index contributed by atoms with van der Waals surface area (Å²) in [4.78, 5) is 10.2. The van der Waals surface area contributed by atoms with Gasteiger partial charge in [0.2, 0.25) is 11.8 Å². The molecular formula is C10H18N6O. The first-order chi connectivity index (χ1) is 8.17. The van der Waals surface area contributed by atoms with Gasteiger partial charge in [-0.2, -0.15) is 9.97 Å². The number of anilines is 2. The molecule has 1 aromatic rings. The Labute approximate surface area is 100 Å². The molecule has 1 fully saturated rings. The van der Waals surface area contributed by atoms with Gasteiger partial charge in [-0.05, 0) is 19.9 Å². The van der Waals surface area contributed by atoms with E-state index in [0.717, 1.165) is 25.9 Å². The number of nitrogens with one attached hydrogen (secondary N) is 1. The highest BCUT2D eigenvalue weighted by Gasteiger charge is 2.18. The predicted molar refractivity (Wildman–Crippen MR) is 65.4 cm³/mol. The molecule has 2 heterocycles. The van der Waals surface area contributed by atoms with Crippen LogP contribution in [0.5, 0.6) is 5.88 Å². The lowest BCUT2D eigenvalue weighted by molar-refractivity contribution is 0.110. The van der Waals surface area contributed by atoms with E-state index in [0.29, 0.717) is 11.7 Å². The number of hydrogen-bond acceptors (Lipinski definition) is 7. The van der Waals surface area contributed by atoms with E-state index in [-0.39, 0.29) is 12.1 Å². The first kappa shape index (κ1) is 11.9. The summed E-state index contributed by atoms with van der Waals surface area (Å²) in [5, 5.41) is 0. The third-order valence-electron chi connectivity index (χ3n) is 2.82. The highest BCUT2D eigenvalue weighted by molar-refractivity contribution is 5.41. The summed E-state index contributed by atoms with van der Waals surface area (Å²) >= 11 is 0. The summed E-state index contributed by atoms with van der Waals surface area (Å²) in [5.41, 5.74) is 7.99. The maximum absolute atomic E-state index is 5.77. The molecule has 17 heavy (non-hydrogen) atoms. The van der Waals surface area contributed by atoms with Crippen molar-refractivity contribution < 1.29 is 4.74 Å². The van der Waals surface area contributed by atoms with Crippen molar-refractivity contribution in [2.24, 2.45) is 5.84 Å². The van der Waals surface area contributed by atoms with E-state index in [1.807, 2.05) is 0 Å². The minimum absolute atomic E-state index is 0.156. The molecule has 0 amide bonds. The molecule has 0 radical (unpaired) electrons. The molecule has 0 bridgehead atoms. The number of rotatable bonds is 3. The largest absolute Gasteiger partial charge is 0.474 e. The van der Waals surface area contributed by atoms with Gasteiger partial charge in [0, 0.05) is 19.2 Å². The van der Waals surface area contributed by atoms with Crippen LogP contribution in [0, 0.1) is 0 Å². The molecule has 0 atom stereocenters. The van der Waals surface area contributed by atoms with E-state index in [2.05, 4.69) is 27.3 Å². The first-order valence-corrected chi connectivity index (χ1v) is 5.64. The number of hydrogen-bond donors (Lipinski definition) is 3. The second kappa shape index (κ2) is 5.15. The second-order valence-corrected chi connectivity index (χ2v) is 4.21. The zero-order valence-corrected chi connectivity index (χ0v) is 9.89. The van der Waals surface area contributed by atoms with Crippen molar-refractivity contribution in [1.29, 1.82) is 0 Å². The number of nitrogen functional groups attached to an aromatic ring is 2. The summed E-state index contributed by atoms with van der Waals surface area (Å²) in [6, 6.07) is 1.65. The Morgan fingerprint density at radius 1 is 1.41 bits per heavy atom. The molecule has 1 aliphatic heterocycles. The summed E-state index contributed by atoms with van der Waals surface area (Å²) in [7, 11) is 2.11. The zero-order chi connectivity index (χ0) is 12.3.